The van der Waals surface area contributed by atoms with Crippen molar-refractivity contribution in [3.8, 4) is 0 Å². The number of fused-ring (bicyclic) bond motifs is 1. The number of β-amino-alcohol motifs (C(OH)–C–C–N with tert-alkyl or cyclic N) is 1. The quantitative estimate of drug-likeness (QED) is 0.907. The molecule has 2 aliphatic rings. The first kappa shape index (κ1) is 17.6. The van der Waals surface area contributed by atoms with Crippen LogP contribution in [0.2, 0.25) is 0 Å². The van der Waals surface area contributed by atoms with E-state index in [2.05, 4.69) is 16.5 Å². The van der Waals surface area contributed by atoms with Crippen LogP contribution in [-0.2, 0) is 19.9 Å². The van der Waals surface area contributed by atoms with Gasteiger partial charge in [-0.15, -0.1) is 0 Å². The van der Waals surface area contributed by atoms with E-state index >= 15 is 0 Å². The number of aliphatic hydroxyl groups is 1. The third kappa shape index (κ3) is 3.05. The molecular weight excluding hydrogens is 336 g/mol. The van der Waals surface area contributed by atoms with Gasteiger partial charge in [0, 0.05) is 19.3 Å². The molecule has 0 amide bonds. The van der Waals surface area contributed by atoms with Crippen molar-refractivity contribution in [1.82, 2.24) is 14.5 Å². The summed E-state index contributed by atoms with van der Waals surface area (Å²) in [5, 5.41) is 10.5. The molecule has 1 fully saturated rings. The molecule has 4 rings (SSSR count). The van der Waals surface area contributed by atoms with Gasteiger partial charge in [-0.2, -0.15) is 0 Å². The molecule has 0 unspecified atom stereocenters. The summed E-state index contributed by atoms with van der Waals surface area (Å²) in [5.74, 6) is -0.364. The number of aliphatic hydroxyl groups excluding tert-OH is 1. The maximum absolute atomic E-state index is 14.0. The second kappa shape index (κ2) is 7.08. The summed E-state index contributed by atoms with van der Waals surface area (Å²) in [4.78, 5) is 7.00. The number of hydrogen-bond donors (Lipinski definition) is 1. The molecule has 1 N–H and O–H groups in total. The van der Waals surface area contributed by atoms with Gasteiger partial charge in [0.15, 0.2) is 0 Å². The SMILES string of the molecule is Cn1c([C@@H]2CCCN2C[C@@H](O)c2c(F)cccc2F)nc2c1CCCC2. The van der Waals surface area contributed by atoms with E-state index in [1.54, 1.807) is 0 Å². The van der Waals surface area contributed by atoms with E-state index in [4.69, 9.17) is 4.98 Å². The van der Waals surface area contributed by atoms with Gasteiger partial charge in [-0.1, -0.05) is 6.07 Å². The Morgan fingerprint density at radius 2 is 1.92 bits per heavy atom. The highest BCUT2D eigenvalue weighted by Gasteiger charge is 2.33. The molecule has 6 heteroatoms. The number of hydrogen-bond acceptors (Lipinski definition) is 3. The smallest absolute Gasteiger partial charge is 0.131 e. The van der Waals surface area contributed by atoms with Crippen molar-refractivity contribution >= 4 is 0 Å². The van der Waals surface area contributed by atoms with Gasteiger partial charge in [0.05, 0.1) is 23.4 Å². The molecule has 2 heterocycles. The third-order valence-electron chi connectivity index (χ3n) is 5.81. The normalized spacial score (nSPS) is 21.8. The number of nitrogens with zero attached hydrogens (tertiary/aromatic N) is 3. The molecular formula is C20H25F2N3O. The van der Waals surface area contributed by atoms with Crippen LogP contribution in [0.15, 0.2) is 18.2 Å². The Kier molecular flexibility index (Phi) is 4.80. The first-order chi connectivity index (χ1) is 12.6. The van der Waals surface area contributed by atoms with E-state index in [0.717, 1.165) is 38.1 Å². The summed E-state index contributed by atoms with van der Waals surface area (Å²) < 4.78 is 30.2. The van der Waals surface area contributed by atoms with Gasteiger partial charge in [-0.25, -0.2) is 13.8 Å². The van der Waals surface area contributed by atoms with E-state index in [-0.39, 0.29) is 18.2 Å². The van der Waals surface area contributed by atoms with E-state index in [9.17, 15) is 13.9 Å². The fraction of sp³-hybridized carbons (Fsp3) is 0.550. The number of rotatable bonds is 4. The first-order valence-corrected chi connectivity index (χ1v) is 9.46. The van der Waals surface area contributed by atoms with Crippen LogP contribution in [0.3, 0.4) is 0 Å². The van der Waals surface area contributed by atoms with Crippen LogP contribution in [0.25, 0.3) is 0 Å². The zero-order valence-corrected chi connectivity index (χ0v) is 15.1. The number of benzene rings is 1. The highest BCUT2D eigenvalue weighted by Crippen LogP contribution is 2.35. The molecule has 1 aliphatic heterocycles. The molecule has 0 saturated carbocycles. The molecule has 4 nitrogen and oxygen atoms in total. The zero-order valence-electron chi connectivity index (χ0n) is 15.1. The number of likely N-dealkylation sites (tertiary alicyclic amines) is 1. The average Bonchev–Trinajstić information content (AvgIpc) is 3.19. The van der Waals surface area contributed by atoms with Crippen LogP contribution in [0.1, 0.15) is 60.6 Å². The molecule has 1 saturated heterocycles. The summed E-state index contributed by atoms with van der Waals surface area (Å²) in [5.41, 5.74) is 2.28. The van der Waals surface area contributed by atoms with Crippen LogP contribution in [0, 0.1) is 11.6 Å². The summed E-state index contributed by atoms with van der Waals surface area (Å²) in [7, 11) is 2.07. The summed E-state index contributed by atoms with van der Waals surface area (Å²) in [6, 6.07) is 3.79. The van der Waals surface area contributed by atoms with Crippen molar-refractivity contribution in [2.24, 2.45) is 7.05 Å². The molecule has 0 spiro atoms. The lowest BCUT2D eigenvalue weighted by atomic mass is 10.0. The molecule has 0 radical (unpaired) electrons. The standard InChI is InChI=1S/C20H25F2N3O/c1-24-16-9-3-2-8-15(16)23-20(24)17-10-5-11-25(17)12-18(26)19-13(21)6-4-7-14(19)22/h4,6-7,17-18,26H,2-3,5,8-12H2,1H3/t17-,18+/m0/s1. The molecule has 140 valence electrons. The second-order valence-electron chi connectivity index (χ2n) is 7.43. The molecule has 1 aromatic carbocycles. The Bertz CT molecular complexity index is 784. The van der Waals surface area contributed by atoms with Gasteiger partial charge in [-0.3, -0.25) is 4.90 Å². The van der Waals surface area contributed by atoms with Gasteiger partial charge in [0.2, 0.25) is 0 Å². The third-order valence-corrected chi connectivity index (χ3v) is 5.81. The first-order valence-electron chi connectivity index (χ1n) is 9.46. The van der Waals surface area contributed by atoms with Crippen LogP contribution in [-0.4, -0.2) is 32.6 Å². The number of imidazole rings is 1. The van der Waals surface area contributed by atoms with Gasteiger partial charge in [-0.05, 0) is 57.2 Å². The molecule has 0 bridgehead atoms. The maximum atomic E-state index is 14.0. The van der Waals surface area contributed by atoms with Crippen LogP contribution in [0.5, 0.6) is 0 Å². The Morgan fingerprint density at radius 1 is 1.19 bits per heavy atom. The highest BCUT2D eigenvalue weighted by atomic mass is 19.1. The van der Waals surface area contributed by atoms with Gasteiger partial charge in [0.25, 0.3) is 0 Å². The lowest BCUT2D eigenvalue weighted by molar-refractivity contribution is 0.0975. The molecule has 2 atom stereocenters. The minimum absolute atomic E-state index is 0.0927. The molecule has 1 aromatic heterocycles. The van der Waals surface area contributed by atoms with Gasteiger partial charge < -0.3 is 9.67 Å². The van der Waals surface area contributed by atoms with Crippen molar-refractivity contribution < 1.29 is 13.9 Å². The minimum Gasteiger partial charge on any atom is -0.387 e. The van der Waals surface area contributed by atoms with E-state index in [1.165, 1.54) is 42.4 Å². The zero-order chi connectivity index (χ0) is 18.3. The highest BCUT2D eigenvalue weighted by molar-refractivity contribution is 5.24. The average molecular weight is 361 g/mol. The van der Waals surface area contributed by atoms with Crippen LogP contribution in [0.4, 0.5) is 8.78 Å². The second-order valence-corrected chi connectivity index (χ2v) is 7.43. The van der Waals surface area contributed by atoms with Crippen LogP contribution < -0.4 is 0 Å². The number of aryl methyl sites for hydroxylation is 1. The van der Waals surface area contributed by atoms with E-state index in [1.807, 2.05) is 0 Å². The summed E-state index contributed by atoms with van der Waals surface area (Å²) in [6.45, 7) is 1.01. The Balaban J connectivity index is 1.57. The van der Waals surface area contributed by atoms with Crippen molar-refractivity contribution in [2.45, 2.75) is 50.7 Å². The largest absolute Gasteiger partial charge is 0.387 e. The van der Waals surface area contributed by atoms with Crippen molar-refractivity contribution in [3.05, 3.63) is 52.6 Å². The monoisotopic (exact) mass is 361 g/mol. The predicted octanol–water partition coefficient (Wildman–Crippen LogP) is 3.45. The predicted molar refractivity (Wildman–Crippen MR) is 94.7 cm³/mol. The topological polar surface area (TPSA) is 41.3 Å². The number of halogens is 2. The number of aromatic nitrogens is 2. The minimum atomic E-state index is -1.19. The van der Waals surface area contributed by atoms with Gasteiger partial charge >= 0.3 is 0 Å². The summed E-state index contributed by atoms with van der Waals surface area (Å²) in [6.07, 6.45) is 5.24. The Morgan fingerprint density at radius 3 is 2.65 bits per heavy atom. The fourth-order valence-electron chi connectivity index (χ4n) is 4.48. The van der Waals surface area contributed by atoms with Crippen LogP contribution >= 0.6 is 0 Å². The Labute approximate surface area is 152 Å². The molecule has 26 heavy (non-hydrogen) atoms. The molecule has 1 aliphatic carbocycles. The molecule has 2 aromatic rings. The summed E-state index contributed by atoms with van der Waals surface area (Å²) >= 11 is 0. The fourth-order valence-corrected chi connectivity index (χ4v) is 4.48. The Hall–Kier alpha value is -1.79. The van der Waals surface area contributed by atoms with Crippen molar-refractivity contribution in [2.75, 3.05) is 13.1 Å². The van der Waals surface area contributed by atoms with E-state index < -0.39 is 17.7 Å². The lowest BCUT2D eigenvalue weighted by Gasteiger charge is -2.27. The van der Waals surface area contributed by atoms with E-state index in [0.29, 0.717) is 0 Å². The van der Waals surface area contributed by atoms with Gasteiger partial charge in [0.1, 0.15) is 17.5 Å². The van der Waals surface area contributed by atoms with Crippen molar-refractivity contribution in [3.63, 3.8) is 0 Å². The van der Waals surface area contributed by atoms with Crippen molar-refractivity contribution in [1.29, 1.82) is 0 Å². The maximum Gasteiger partial charge on any atom is 0.131 e. The lowest BCUT2D eigenvalue weighted by Crippen LogP contribution is -2.30.